The number of halogens is 2. The molecule has 3 rings (SSSR count). The number of nitrogens with one attached hydrogen (secondary N) is 1. The standard InChI is InChI=1S/C19H22Cl2N4O/c1-19(22-2)6-3-8-25(9-7-19)18(26)17-11-16(23-12-24-17)13-4-5-14(20)15(21)10-13/h4-5,10-12,22H,3,6-9H2,1-2H3. The summed E-state index contributed by atoms with van der Waals surface area (Å²) >= 11 is 12.1. The highest BCUT2D eigenvalue weighted by Gasteiger charge is 2.28. The fourth-order valence-corrected chi connectivity index (χ4v) is 3.48. The van der Waals surface area contributed by atoms with E-state index >= 15 is 0 Å². The quantitative estimate of drug-likeness (QED) is 0.855. The molecule has 1 amide bonds. The maximum absolute atomic E-state index is 12.9. The van der Waals surface area contributed by atoms with E-state index < -0.39 is 0 Å². The van der Waals surface area contributed by atoms with Gasteiger partial charge in [-0.25, -0.2) is 9.97 Å². The van der Waals surface area contributed by atoms with Gasteiger partial charge in [0.2, 0.25) is 0 Å². The fraction of sp³-hybridized carbons (Fsp3) is 0.421. The van der Waals surface area contributed by atoms with Crippen molar-refractivity contribution in [3.8, 4) is 11.3 Å². The summed E-state index contributed by atoms with van der Waals surface area (Å²) < 4.78 is 0. The number of hydrogen-bond acceptors (Lipinski definition) is 4. The lowest BCUT2D eigenvalue weighted by Crippen LogP contribution is -2.41. The molecule has 7 heteroatoms. The van der Waals surface area contributed by atoms with Crippen molar-refractivity contribution in [1.82, 2.24) is 20.2 Å². The Morgan fingerprint density at radius 3 is 2.69 bits per heavy atom. The summed E-state index contributed by atoms with van der Waals surface area (Å²) in [5.41, 5.74) is 1.92. The van der Waals surface area contributed by atoms with Crippen LogP contribution in [0.25, 0.3) is 11.3 Å². The molecule has 1 saturated heterocycles. The molecule has 2 aromatic rings. The van der Waals surface area contributed by atoms with Gasteiger partial charge in [-0.3, -0.25) is 4.79 Å². The Balaban J connectivity index is 1.81. The molecule has 0 aliphatic carbocycles. The van der Waals surface area contributed by atoms with Crippen LogP contribution in [0.1, 0.15) is 36.7 Å². The molecule has 0 saturated carbocycles. The smallest absolute Gasteiger partial charge is 0.272 e. The van der Waals surface area contributed by atoms with Crippen molar-refractivity contribution in [2.24, 2.45) is 0 Å². The maximum atomic E-state index is 12.9. The van der Waals surface area contributed by atoms with Gasteiger partial charge in [0.15, 0.2) is 0 Å². The van der Waals surface area contributed by atoms with E-state index in [9.17, 15) is 4.79 Å². The van der Waals surface area contributed by atoms with Crippen molar-refractivity contribution in [3.63, 3.8) is 0 Å². The van der Waals surface area contributed by atoms with Crippen LogP contribution in [0.5, 0.6) is 0 Å². The minimum absolute atomic E-state index is 0.0611. The molecule has 1 aromatic carbocycles. The molecule has 1 aromatic heterocycles. The summed E-state index contributed by atoms with van der Waals surface area (Å²) in [5, 5.41) is 4.31. The molecule has 2 heterocycles. The van der Waals surface area contributed by atoms with Crippen molar-refractivity contribution < 1.29 is 4.79 Å². The van der Waals surface area contributed by atoms with Crippen molar-refractivity contribution in [1.29, 1.82) is 0 Å². The summed E-state index contributed by atoms with van der Waals surface area (Å²) in [5.74, 6) is -0.0611. The molecule has 0 radical (unpaired) electrons. The van der Waals surface area contributed by atoms with Gasteiger partial charge < -0.3 is 10.2 Å². The second-order valence-corrected chi connectivity index (χ2v) is 7.69. The highest BCUT2D eigenvalue weighted by atomic mass is 35.5. The lowest BCUT2D eigenvalue weighted by atomic mass is 9.93. The van der Waals surface area contributed by atoms with Gasteiger partial charge in [0.25, 0.3) is 5.91 Å². The monoisotopic (exact) mass is 392 g/mol. The molecule has 26 heavy (non-hydrogen) atoms. The highest BCUT2D eigenvalue weighted by molar-refractivity contribution is 6.42. The van der Waals surface area contributed by atoms with Crippen molar-refractivity contribution in [2.45, 2.75) is 31.7 Å². The zero-order valence-electron chi connectivity index (χ0n) is 14.9. The predicted octanol–water partition coefficient (Wildman–Crippen LogP) is 4.05. The summed E-state index contributed by atoms with van der Waals surface area (Å²) in [6.45, 7) is 3.65. The molecular weight excluding hydrogens is 371 g/mol. The van der Waals surface area contributed by atoms with E-state index in [-0.39, 0.29) is 11.4 Å². The number of aromatic nitrogens is 2. The first-order chi connectivity index (χ1) is 12.4. The first-order valence-corrected chi connectivity index (χ1v) is 9.43. The van der Waals surface area contributed by atoms with Crippen LogP contribution in [0.4, 0.5) is 0 Å². The second-order valence-electron chi connectivity index (χ2n) is 6.87. The minimum atomic E-state index is -0.0611. The van der Waals surface area contributed by atoms with Gasteiger partial charge in [-0.1, -0.05) is 29.3 Å². The van der Waals surface area contributed by atoms with Crippen LogP contribution in [-0.4, -0.2) is 46.5 Å². The van der Waals surface area contributed by atoms with Crippen molar-refractivity contribution in [2.75, 3.05) is 20.1 Å². The third kappa shape index (κ3) is 4.17. The molecule has 5 nitrogen and oxygen atoms in total. The third-order valence-electron chi connectivity index (χ3n) is 5.08. The number of rotatable bonds is 3. The Bertz CT molecular complexity index is 814. The average Bonchev–Trinajstić information content (AvgIpc) is 2.86. The maximum Gasteiger partial charge on any atom is 0.272 e. The predicted molar refractivity (Wildman–Crippen MR) is 105 cm³/mol. The minimum Gasteiger partial charge on any atom is -0.337 e. The van der Waals surface area contributed by atoms with E-state index in [1.165, 1.54) is 6.33 Å². The van der Waals surface area contributed by atoms with Gasteiger partial charge in [0.1, 0.15) is 12.0 Å². The SMILES string of the molecule is CNC1(C)CCCN(C(=O)c2cc(-c3ccc(Cl)c(Cl)c3)ncn2)CC1. The number of benzene rings is 1. The first-order valence-electron chi connectivity index (χ1n) is 8.67. The Kier molecular flexibility index (Phi) is 5.80. The van der Waals surface area contributed by atoms with Crippen LogP contribution in [-0.2, 0) is 0 Å². The van der Waals surface area contributed by atoms with Gasteiger partial charge in [-0.05, 0) is 51.4 Å². The molecule has 1 N–H and O–H groups in total. The van der Waals surface area contributed by atoms with Gasteiger partial charge in [0.05, 0.1) is 15.7 Å². The average molecular weight is 393 g/mol. The lowest BCUT2D eigenvalue weighted by molar-refractivity contribution is 0.0752. The lowest BCUT2D eigenvalue weighted by Gasteiger charge is -2.27. The molecule has 1 atom stereocenters. The largest absolute Gasteiger partial charge is 0.337 e. The van der Waals surface area contributed by atoms with Gasteiger partial charge in [-0.2, -0.15) is 0 Å². The van der Waals surface area contributed by atoms with E-state index in [0.717, 1.165) is 31.4 Å². The first kappa shape index (κ1) is 19.1. The molecule has 0 bridgehead atoms. The van der Waals surface area contributed by atoms with Crippen LogP contribution in [0, 0.1) is 0 Å². The summed E-state index contributed by atoms with van der Waals surface area (Å²) in [7, 11) is 1.98. The van der Waals surface area contributed by atoms with E-state index in [0.29, 0.717) is 28.0 Å². The topological polar surface area (TPSA) is 58.1 Å². The second kappa shape index (κ2) is 7.91. The van der Waals surface area contributed by atoms with E-state index in [2.05, 4.69) is 22.2 Å². The third-order valence-corrected chi connectivity index (χ3v) is 5.82. The molecule has 1 fully saturated rings. The normalized spacial score (nSPS) is 20.7. The van der Waals surface area contributed by atoms with E-state index in [4.69, 9.17) is 23.2 Å². The van der Waals surface area contributed by atoms with Crippen LogP contribution in [0.3, 0.4) is 0 Å². The Morgan fingerprint density at radius 1 is 1.15 bits per heavy atom. The van der Waals surface area contributed by atoms with Gasteiger partial charge >= 0.3 is 0 Å². The van der Waals surface area contributed by atoms with E-state index in [1.807, 2.05) is 18.0 Å². The molecule has 1 aliphatic heterocycles. The number of nitrogens with zero attached hydrogens (tertiary/aromatic N) is 3. The Hall–Kier alpha value is -1.69. The highest BCUT2D eigenvalue weighted by Crippen LogP contribution is 2.28. The zero-order chi connectivity index (χ0) is 18.7. The Labute approximate surface area is 163 Å². The number of carbonyl (C=O) groups is 1. The van der Waals surface area contributed by atoms with Crippen LogP contribution in [0.15, 0.2) is 30.6 Å². The molecule has 1 unspecified atom stereocenters. The summed E-state index contributed by atoms with van der Waals surface area (Å²) in [6, 6.07) is 7.00. The number of hydrogen-bond donors (Lipinski definition) is 1. The molecule has 138 valence electrons. The molecular formula is C19H22Cl2N4O. The van der Waals surface area contributed by atoms with Crippen LogP contribution in [0.2, 0.25) is 10.0 Å². The number of carbonyl (C=O) groups excluding carboxylic acids is 1. The number of likely N-dealkylation sites (tertiary alicyclic amines) is 1. The van der Waals surface area contributed by atoms with Crippen LogP contribution >= 0.6 is 23.2 Å². The van der Waals surface area contributed by atoms with E-state index in [1.54, 1.807) is 18.2 Å². The Morgan fingerprint density at radius 2 is 1.96 bits per heavy atom. The number of amides is 1. The molecule has 1 aliphatic rings. The molecule has 0 spiro atoms. The zero-order valence-corrected chi connectivity index (χ0v) is 16.4. The van der Waals surface area contributed by atoms with Gasteiger partial charge in [0, 0.05) is 24.2 Å². The summed E-state index contributed by atoms with van der Waals surface area (Å²) in [4.78, 5) is 23.3. The van der Waals surface area contributed by atoms with Crippen molar-refractivity contribution in [3.05, 3.63) is 46.3 Å². The summed E-state index contributed by atoms with van der Waals surface area (Å²) in [6.07, 6.45) is 4.35. The van der Waals surface area contributed by atoms with Gasteiger partial charge in [-0.15, -0.1) is 0 Å². The van der Waals surface area contributed by atoms with Crippen molar-refractivity contribution >= 4 is 29.1 Å². The fourth-order valence-electron chi connectivity index (χ4n) is 3.18. The van der Waals surface area contributed by atoms with Crippen LogP contribution < -0.4 is 5.32 Å².